The van der Waals surface area contributed by atoms with E-state index in [1.807, 2.05) is 34.9 Å². The van der Waals surface area contributed by atoms with Gasteiger partial charge in [-0.3, -0.25) is 9.78 Å². The molecule has 0 radical (unpaired) electrons. The van der Waals surface area contributed by atoms with Gasteiger partial charge in [-0.25, -0.2) is 0 Å². The lowest BCUT2D eigenvalue weighted by atomic mass is 10.2. The topological polar surface area (TPSA) is 33.2 Å². The summed E-state index contributed by atoms with van der Waals surface area (Å²) in [4.78, 5) is 19.8. The van der Waals surface area contributed by atoms with Crippen molar-refractivity contribution in [2.45, 2.75) is 11.3 Å². The van der Waals surface area contributed by atoms with Gasteiger partial charge < -0.3 is 4.90 Å². The van der Waals surface area contributed by atoms with Crippen molar-refractivity contribution in [3.05, 3.63) is 52.8 Å². The first-order chi connectivity index (χ1) is 9.77. The number of pyridine rings is 1. The fourth-order valence-corrected chi connectivity index (χ4v) is 3.65. The highest BCUT2D eigenvalue weighted by Gasteiger charge is 2.23. The van der Waals surface area contributed by atoms with E-state index in [-0.39, 0.29) is 5.91 Å². The van der Waals surface area contributed by atoms with Crippen molar-refractivity contribution in [3.8, 4) is 0 Å². The molecule has 20 heavy (non-hydrogen) atoms. The first-order valence-corrected chi connectivity index (χ1v) is 8.18. The number of carbonyl (C=O) groups excluding carboxylic acids is 1. The highest BCUT2D eigenvalue weighted by molar-refractivity contribution is 9.10. The van der Waals surface area contributed by atoms with E-state index in [1.54, 1.807) is 18.5 Å². The second kappa shape index (κ2) is 5.97. The molecule has 102 valence electrons. The SMILES string of the molecule is O=C(c1ccncc1Br)N1CCCSc2ccccc21. The summed E-state index contributed by atoms with van der Waals surface area (Å²) >= 11 is 5.22. The molecule has 2 aromatic rings. The third-order valence-electron chi connectivity index (χ3n) is 3.19. The van der Waals surface area contributed by atoms with Crippen LogP contribution in [-0.2, 0) is 0 Å². The second-order valence-corrected chi connectivity index (χ2v) is 6.47. The summed E-state index contributed by atoms with van der Waals surface area (Å²) < 4.78 is 0.736. The minimum Gasteiger partial charge on any atom is -0.307 e. The molecule has 3 rings (SSSR count). The van der Waals surface area contributed by atoms with Gasteiger partial charge in [0.25, 0.3) is 5.91 Å². The number of halogens is 1. The van der Waals surface area contributed by atoms with Crippen LogP contribution in [-0.4, -0.2) is 23.2 Å². The summed E-state index contributed by atoms with van der Waals surface area (Å²) in [7, 11) is 0. The maximum Gasteiger partial charge on any atom is 0.259 e. The van der Waals surface area contributed by atoms with Crippen LogP contribution >= 0.6 is 27.7 Å². The lowest BCUT2D eigenvalue weighted by molar-refractivity contribution is 0.0986. The molecule has 0 saturated heterocycles. The maximum absolute atomic E-state index is 12.8. The Morgan fingerprint density at radius 3 is 3.00 bits per heavy atom. The first-order valence-electron chi connectivity index (χ1n) is 6.40. The molecule has 1 aliphatic heterocycles. The largest absolute Gasteiger partial charge is 0.307 e. The molecule has 3 nitrogen and oxygen atoms in total. The zero-order chi connectivity index (χ0) is 13.9. The molecule has 0 atom stereocenters. The fourth-order valence-electron chi connectivity index (χ4n) is 2.23. The van der Waals surface area contributed by atoms with Gasteiger partial charge in [0.15, 0.2) is 0 Å². The molecule has 0 aliphatic carbocycles. The van der Waals surface area contributed by atoms with Crippen LogP contribution in [0.2, 0.25) is 0 Å². The van der Waals surface area contributed by atoms with E-state index in [1.165, 1.54) is 4.90 Å². The number of rotatable bonds is 1. The van der Waals surface area contributed by atoms with Gasteiger partial charge in [0, 0.05) is 28.3 Å². The molecule has 1 aliphatic rings. The Labute approximate surface area is 130 Å². The van der Waals surface area contributed by atoms with Gasteiger partial charge in [0.2, 0.25) is 0 Å². The Balaban J connectivity index is 2.02. The number of benzene rings is 1. The summed E-state index contributed by atoms with van der Waals surface area (Å²) in [6.07, 6.45) is 4.30. The van der Waals surface area contributed by atoms with Crippen LogP contribution in [0.5, 0.6) is 0 Å². The van der Waals surface area contributed by atoms with Crippen molar-refractivity contribution in [1.29, 1.82) is 0 Å². The number of nitrogens with zero attached hydrogens (tertiary/aromatic N) is 2. The van der Waals surface area contributed by atoms with Gasteiger partial charge in [0.1, 0.15) is 0 Å². The molecular formula is C15H13BrN2OS. The number of carbonyl (C=O) groups is 1. The Hall–Kier alpha value is -1.33. The quantitative estimate of drug-likeness (QED) is 0.781. The first kappa shape index (κ1) is 13.6. The average Bonchev–Trinajstić information content (AvgIpc) is 2.69. The number of hydrogen-bond donors (Lipinski definition) is 0. The van der Waals surface area contributed by atoms with Crippen LogP contribution in [0.4, 0.5) is 5.69 Å². The van der Waals surface area contributed by atoms with Crippen LogP contribution in [0, 0.1) is 0 Å². The molecule has 0 unspecified atom stereocenters. The number of para-hydroxylation sites is 1. The normalized spacial score (nSPS) is 14.6. The van der Waals surface area contributed by atoms with Crippen molar-refractivity contribution < 1.29 is 4.79 Å². The van der Waals surface area contributed by atoms with E-state index in [4.69, 9.17) is 0 Å². The molecule has 1 amide bonds. The molecule has 2 heterocycles. The van der Waals surface area contributed by atoms with Gasteiger partial charge >= 0.3 is 0 Å². The summed E-state index contributed by atoms with van der Waals surface area (Å²) in [6.45, 7) is 0.748. The lowest BCUT2D eigenvalue weighted by Crippen LogP contribution is -2.32. The van der Waals surface area contributed by atoms with Gasteiger partial charge in [-0.1, -0.05) is 12.1 Å². The number of anilines is 1. The highest BCUT2D eigenvalue weighted by Crippen LogP contribution is 2.34. The van der Waals surface area contributed by atoms with Crippen molar-refractivity contribution in [2.24, 2.45) is 0 Å². The molecule has 0 spiro atoms. The van der Waals surface area contributed by atoms with Crippen LogP contribution in [0.25, 0.3) is 0 Å². The number of thioether (sulfide) groups is 1. The summed E-state index contributed by atoms with van der Waals surface area (Å²) in [5.41, 5.74) is 1.66. The van der Waals surface area contributed by atoms with Crippen LogP contribution in [0.1, 0.15) is 16.8 Å². The predicted molar refractivity (Wildman–Crippen MR) is 85.4 cm³/mol. The monoisotopic (exact) mass is 348 g/mol. The van der Waals surface area contributed by atoms with Gasteiger partial charge in [0.05, 0.1) is 11.3 Å². The van der Waals surface area contributed by atoms with Gasteiger partial charge in [-0.05, 0) is 46.3 Å². The molecule has 0 fully saturated rings. The van der Waals surface area contributed by atoms with E-state index < -0.39 is 0 Å². The Kier molecular flexibility index (Phi) is 4.08. The van der Waals surface area contributed by atoms with Gasteiger partial charge in [-0.2, -0.15) is 0 Å². The highest BCUT2D eigenvalue weighted by atomic mass is 79.9. The molecule has 1 aromatic heterocycles. The van der Waals surface area contributed by atoms with Crippen molar-refractivity contribution >= 4 is 39.3 Å². The Morgan fingerprint density at radius 1 is 1.30 bits per heavy atom. The fraction of sp³-hybridized carbons (Fsp3) is 0.200. The smallest absolute Gasteiger partial charge is 0.259 e. The molecular weight excluding hydrogens is 336 g/mol. The minimum absolute atomic E-state index is 0.0224. The van der Waals surface area contributed by atoms with Crippen molar-refractivity contribution in [1.82, 2.24) is 4.98 Å². The number of fused-ring (bicyclic) bond motifs is 1. The number of amides is 1. The molecule has 0 saturated carbocycles. The van der Waals surface area contributed by atoms with E-state index >= 15 is 0 Å². The van der Waals surface area contributed by atoms with E-state index in [0.29, 0.717) is 5.56 Å². The Bertz CT molecular complexity index is 647. The van der Waals surface area contributed by atoms with E-state index in [9.17, 15) is 4.79 Å². The third kappa shape index (κ3) is 2.60. The van der Waals surface area contributed by atoms with Crippen molar-refractivity contribution in [2.75, 3.05) is 17.2 Å². The zero-order valence-electron chi connectivity index (χ0n) is 10.8. The van der Waals surface area contributed by atoms with E-state index in [0.717, 1.165) is 28.9 Å². The average molecular weight is 349 g/mol. The molecule has 0 N–H and O–H groups in total. The molecule has 1 aromatic carbocycles. The third-order valence-corrected chi connectivity index (χ3v) is 4.97. The standard InChI is InChI=1S/C15H13BrN2OS/c16-12-10-17-7-6-11(12)15(19)18-8-3-9-20-14-5-2-1-4-13(14)18/h1-2,4-7,10H,3,8-9H2. The van der Waals surface area contributed by atoms with E-state index in [2.05, 4.69) is 27.0 Å². The molecule has 5 heteroatoms. The van der Waals surface area contributed by atoms with Crippen LogP contribution in [0.15, 0.2) is 52.1 Å². The number of hydrogen-bond acceptors (Lipinski definition) is 3. The number of aromatic nitrogens is 1. The lowest BCUT2D eigenvalue weighted by Gasteiger charge is -2.22. The molecule has 0 bridgehead atoms. The van der Waals surface area contributed by atoms with Crippen LogP contribution < -0.4 is 4.90 Å². The van der Waals surface area contributed by atoms with Crippen molar-refractivity contribution in [3.63, 3.8) is 0 Å². The van der Waals surface area contributed by atoms with Gasteiger partial charge in [-0.15, -0.1) is 11.8 Å². The summed E-state index contributed by atoms with van der Waals surface area (Å²) in [5.74, 6) is 1.06. The second-order valence-electron chi connectivity index (χ2n) is 4.48. The van der Waals surface area contributed by atoms with Crippen LogP contribution in [0.3, 0.4) is 0 Å². The zero-order valence-corrected chi connectivity index (χ0v) is 13.2. The summed E-state index contributed by atoms with van der Waals surface area (Å²) in [5, 5.41) is 0. The maximum atomic E-state index is 12.8. The predicted octanol–water partition coefficient (Wildman–Crippen LogP) is 3.99. The summed E-state index contributed by atoms with van der Waals surface area (Å²) in [6, 6.07) is 9.84. The Morgan fingerprint density at radius 2 is 2.15 bits per heavy atom. The minimum atomic E-state index is 0.0224.